The maximum Gasteiger partial charge on any atom is 0.223 e. The first-order valence-electron chi connectivity index (χ1n) is 6.48. The van der Waals surface area contributed by atoms with Crippen molar-refractivity contribution in [2.45, 2.75) is 38.3 Å². The highest BCUT2D eigenvalue weighted by Gasteiger charge is 2.28. The number of hydrogen-bond acceptors (Lipinski definition) is 2. The van der Waals surface area contributed by atoms with Crippen LogP contribution in [0.2, 0.25) is 10.0 Å². The molecule has 1 aromatic carbocycles. The minimum atomic E-state index is -0.130. The van der Waals surface area contributed by atoms with Crippen LogP contribution in [0.25, 0.3) is 0 Å². The number of amides is 1. The number of halogens is 2. The summed E-state index contributed by atoms with van der Waals surface area (Å²) in [6.07, 6.45) is 2.56. The summed E-state index contributed by atoms with van der Waals surface area (Å²) in [5.41, 5.74) is 6.71. The molecule has 1 aromatic rings. The number of carbonyl (C=O) groups excluding carboxylic acids is 1. The summed E-state index contributed by atoms with van der Waals surface area (Å²) in [6, 6.07) is 5.33. The summed E-state index contributed by atoms with van der Waals surface area (Å²) in [6.45, 7) is 1.92. The molecule has 0 heterocycles. The second-order valence-corrected chi connectivity index (χ2v) is 6.01. The van der Waals surface area contributed by atoms with Crippen molar-refractivity contribution in [1.82, 2.24) is 5.32 Å². The molecule has 3 nitrogen and oxygen atoms in total. The van der Waals surface area contributed by atoms with Crippen LogP contribution >= 0.6 is 23.2 Å². The first-order chi connectivity index (χ1) is 8.97. The molecule has 3 unspecified atom stereocenters. The molecule has 0 bridgehead atoms. The van der Waals surface area contributed by atoms with E-state index in [0.717, 1.165) is 24.8 Å². The van der Waals surface area contributed by atoms with E-state index in [0.29, 0.717) is 10.0 Å². The molecule has 3 N–H and O–H groups in total. The van der Waals surface area contributed by atoms with Crippen molar-refractivity contribution in [2.24, 2.45) is 11.7 Å². The van der Waals surface area contributed by atoms with Crippen LogP contribution in [0.15, 0.2) is 18.2 Å². The first kappa shape index (κ1) is 14.6. The average Bonchev–Trinajstić information content (AvgIpc) is 2.75. The van der Waals surface area contributed by atoms with Crippen LogP contribution in [0.3, 0.4) is 0 Å². The Morgan fingerprint density at radius 2 is 2.16 bits per heavy atom. The number of hydrogen-bond donors (Lipinski definition) is 2. The van der Waals surface area contributed by atoms with E-state index in [1.54, 1.807) is 12.1 Å². The number of nitrogens with one attached hydrogen (secondary N) is 1. The topological polar surface area (TPSA) is 55.1 Å². The van der Waals surface area contributed by atoms with Crippen molar-refractivity contribution in [3.63, 3.8) is 0 Å². The standard InChI is InChI=1S/C14H18Cl2N2O/c1-8(12-5-3-10(15)7-13(12)16)18-14(19)9-2-4-11(17)6-9/h3,5,7-9,11H,2,4,6,17H2,1H3,(H,18,19). The molecule has 5 heteroatoms. The summed E-state index contributed by atoms with van der Waals surface area (Å²) < 4.78 is 0. The fourth-order valence-corrected chi connectivity index (χ4v) is 3.09. The molecule has 0 aromatic heterocycles. The summed E-state index contributed by atoms with van der Waals surface area (Å²) >= 11 is 12.0. The van der Waals surface area contributed by atoms with Gasteiger partial charge in [-0.2, -0.15) is 0 Å². The number of carbonyl (C=O) groups is 1. The van der Waals surface area contributed by atoms with Gasteiger partial charge in [0.2, 0.25) is 5.91 Å². The largest absolute Gasteiger partial charge is 0.349 e. The van der Waals surface area contributed by atoms with Crippen LogP contribution < -0.4 is 11.1 Å². The monoisotopic (exact) mass is 300 g/mol. The average molecular weight is 301 g/mol. The van der Waals surface area contributed by atoms with Gasteiger partial charge in [-0.05, 0) is 43.9 Å². The zero-order valence-corrected chi connectivity index (χ0v) is 12.3. The van der Waals surface area contributed by atoms with Gasteiger partial charge in [-0.3, -0.25) is 4.79 Å². The summed E-state index contributed by atoms with van der Waals surface area (Å²) in [5.74, 6) is 0.0926. The van der Waals surface area contributed by atoms with Crippen LogP contribution in [0.1, 0.15) is 37.8 Å². The van der Waals surface area contributed by atoms with Crippen molar-refractivity contribution < 1.29 is 4.79 Å². The third kappa shape index (κ3) is 3.62. The van der Waals surface area contributed by atoms with Crippen molar-refractivity contribution in [3.8, 4) is 0 Å². The van der Waals surface area contributed by atoms with Crippen LogP contribution in [-0.2, 0) is 4.79 Å². The second kappa shape index (κ2) is 6.12. The molecule has 1 aliphatic carbocycles. The summed E-state index contributed by atoms with van der Waals surface area (Å²) in [5, 5.41) is 4.16. The molecule has 0 aliphatic heterocycles. The molecule has 1 fully saturated rings. The maximum atomic E-state index is 12.1. The van der Waals surface area contributed by atoms with E-state index in [2.05, 4.69) is 5.32 Å². The van der Waals surface area contributed by atoms with Crippen molar-refractivity contribution in [2.75, 3.05) is 0 Å². The predicted molar refractivity (Wildman–Crippen MR) is 78.3 cm³/mol. The second-order valence-electron chi connectivity index (χ2n) is 5.17. The Labute approximate surface area is 123 Å². The molecular formula is C14H18Cl2N2O. The van der Waals surface area contributed by atoms with Crippen molar-refractivity contribution in [1.29, 1.82) is 0 Å². The molecule has 3 atom stereocenters. The quantitative estimate of drug-likeness (QED) is 0.900. The smallest absolute Gasteiger partial charge is 0.223 e. The minimum absolute atomic E-state index is 0.0310. The van der Waals surface area contributed by atoms with Gasteiger partial charge in [-0.25, -0.2) is 0 Å². The fourth-order valence-electron chi connectivity index (χ4n) is 2.52. The highest BCUT2D eigenvalue weighted by molar-refractivity contribution is 6.35. The van der Waals surface area contributed by atoms with Gasteiger partial charge >= 0.3 is 0 Å². The molecule has 1 amide bonds. The van der Waals surface area contributed by atoms with Gasteiger partial charge in [-0.1, -0.05) is 29.3 Å². The van der Waals surface area contributed by atoms with E-state index in [1.165, 1.54) is 0 Å². The summed E-state index contributed by atoms with van der Waals surface area (Å²) in [7, 11) is 0. The zero-order valence-electron chi connectivity index (χ0n) is 10.8. The highest BCUT2D eigenvalue weighted by Crippen LogP contribution is 2.28. The van der Waals surface area contributed by atoms with Gasteiger partial charge in [0.05, 0.1) is 6.04 Å². The minimum Gasteiger partial charge on any atom is -0.349 e. The van der Waals surface area contributed by atoms with Gasteiger partial charge in [0.15, 0.2) is 0 Å². The predicted octanol–water partition coefficient (Wildman–Crippen LogP) is 3.30. The normalized spacial score (nSPS) is 24.2. The van der Waals surface area contributed by atoms with Gasteiger partial charge in [0.25, 0.3) is 0 Å². The number of nitrogens with two attached hydrogens (primary N) is 1. The van der Waals surface area contributed by atoms with Gasteiger partial charge in [0.1, 0.15) is 0 Å². The lowest BCUT2D eigenvalue weighted by atomic mass is 10.0. The Morgan fingerprint density at radius 3 is 2.74 bits per heavy atom. The lowest BCUT2D eigenvalue weighted by Crippen LogP contribution is -2.32. The van der Waals surface area contributed by atoms with Crippen LogP contribution in [0.5, 0.6) is 0 Å². The van der Waals surface area contributed by atoms with E-state index in [1.807, 2.05) is 13.0 Å². The van der Waals surface area contributed by atoms with E-state index < -0.39 is 0 Å². The van der Waals surface area contributed by atoms with Crippen LogP contribution in [0.4, 0.5) is 0 Å². The lowest BCUT2D eigenvalue weighted by Gasteiger charge is -2.18. The van der Waals surface area contributed by atoms with Gasteiger partial charge in [-0.15, -0.1) is 0 Å². The van der Waals surface area contributed by atoms with E-state index in [-0.39, 0.29) is 23.9 Å². The van der Waals surface area contributed by atoms with Crippen molar-refractivity contribution in [3.05, 3.63) is 33.8 Å². The maximum absolute atomic E-state index is 12.1. The van der Waals surface area contributed by atoms with E-state index >= 15 is 0 Å². The third-order valence-electron chi connectivity index (χ3n) is 3.63. The highest BCUT2D eigenvalue weighted by atomic mass is 35.5. The Hall–Kier alpha value is -0.770. The van der Waals surface area contributed by atoms with Crippen LogP contribution in [0, 0.1) is 5.92 Å². The molecular weight excluding hydrogens is 283 g/mol. The molecule has 104 valence electrons. The molecule has 1 saturated carbocycles. The van der Waals surface area contributed by atoms with Gasteiger partial charge < -0.3 is 11.1 Å². The number of benzene rings is 1. The Morgan fingerprint density at radius 1 is 1.42 bits per heavy atom. The Bertz CT molecular complexity index is 479. The number of rotatable bonds is 3. The van der Waals surface area contributed by atoms with E-state index in [9.17, 15) is 4.79 Å². The first-order valence-corrected chi connectivity index (χ1v) is 7.24. The molecule has 0 radical (unpaired) electrons. The van der Waals surface area contributed by atoms with Gasteiger partial charge in [0, 0.05) is 22.0 Å². The Kier molecular flexibility index (Phi) is 4.71. The molecule has 0 spiro atoms. The van der Waals surface area contributed by atoms with Crippen LogP contribution in [-0.4, -0.2) is 11.9 Å². The summed E-state index contributed by atoms with van der Waals surface area (Å²) in [4.78, 5) is 12.1. The lowest BCUT2D eigenvalue weighted by molar-refractivity contribution is -0.125. The van der Waals surface area contributed by atoms with Crippen molar-refractivity contribution >= 4 is 29.1 Å². The SMILES string of the molecule is CC(NC(=O)C1CCC(N)C1)c1ccc(Cl)cc1Cl. The molecule has 1 aliphatic rings. The molecule has 0 saturated heterocycles. The third-order valence-corrected chi connectivity index (χ3v) is 4.19. The Balaban J connectivity index is 2.00. The zero-order chi connectivity index (χ0) is 14.0. The fraction of sp³-hybridized carbons (Fsp3) is 0.500. The van der Waals surface area contributed by atoms with E-state index in [4.69, 9.17) is 28.9 Å². The molecule has 2 rings (SSSR count). The molecule has 19 heavy (non-hydrogen) atoms.